The number of rotatable bonds is 3. The highest BCUT2D eigenvalue weighted by atomic mass is 17.2. The molecule has 4 nitrogen and oxygen atoms in total. The predicted molar refractivity (Wildman–Crippen MR) is 52.6 cm³/mol. The molecule has 4 heteroatoms. The van der Waals surface area contributed by atoms with Crippen LogP contribution in [0.1, 0.15) is 11.3 Å². The predicted octanol–water partition coefficient (Wildman–Crippen LogP) is 1.95. The zero-order valence-corrected chi connectivity index (χ0v) is 8.20. The van der Waals surface area contributed by atoms with Gasteiger partial charge < -0.3 is 0 Å². The fourth-order valence-electron chi connectivity index (χ4n) is 1.41. The zero-order chi connectivity index (χ0) is 9.97. The van der Waals surface area contributed by atoms with Gasteiger partial charge in [-0.1, -0.05) is 6.07 Å². The normalized spacial score (nSPS) is 11.0. The second-order valence-electron chi connectivity index (χ2n) is 3.12. The highest BCUT2D eigenvalue weighted by molar-refractivity contribution is 5.81. The number of aryl methyl sites for hydroxylation is 1. The van der Waals surface area contributed by atoms with Crippen LogP contribution in [0, 0.1) is 6.92 Å². The van der Waals surface area contributed by atoms with Gasteiger partial charge in [0.15, 0.2) is 0 Å². The van der Waals surface area contributed by atoms with Crippen LogP contribution in [-0.4, -0.2) is 17.3 Å². The van der Waals surface area contributed by atoms with Crippen molar-refractivity contribution in [1.82, 2.24) is 10.2 Å². The first-order valence-electron chi connectivity index (χ1n) is 4.40. The van der Waals surface area contributed by atoms with E-state index in [2.05, 4.69) is 15.1 Å². The first-order chi connectivity index (χ1) is 6.81. The van der Waals surface area contributed by atoms with E-state index in [1.807, 2.05) is 25.1 Å². The van der Waals surface area contributed by atoms with Gasteiger partial charge in [-0.25, -0.2) is 9.78 Å². The molecule has 2 rings (SSSR count). The number of nitrogens with zero attached hydrogens (tertiary/aromatic N) is 1. The first-order valence-corrected chi connectivity index (χ1v) is 4.40. The Balaban J connectivity index is 2.34. The quantitative estimate of drug-likeness (QED) is 0.597. The molecule has 14 heavy (non-hydrogen) atoms. The number of fused-ring (bicyclic) bond motifs is 1. The summed E-state index contributed by atoms with van der Waals surface area (Å²) in [5.41, 5.74) is 3.12. The monoisotopic (exact) mass is 192 g/mol. The van der Waals surface area contributed by atoms with Crippen LogP contribution in [0.25, 0.3) is 10.9 Å². The molecule has 0 atom stereocenters. The molecule has 0 spiro atoms. The van der Waals surface area contributed by atoms with E-state index in [0.717, 1.165) is 22.2 Å². The molecule has 1 heterocycles. The van der Waals surface area contributed by atoms with Gasteiger partial charge >= 0.3 is 0 Å². The van der Waals surface area contributed by atoms with Crippen molar-refractivity contribution in [2.45, 2.75) is 13.5 Å². The van der Waals surface area contributed by atoms with Gasteiger partial charge in [0.05, 0.1) is 18.3 Å². The SMILES string of the molecule is COOCc1ccc2[nH]nc(C)c2c1. The molecular formula is C10H12N2O2. The summed E-state index contributed by atoms with van der Waals surface area (Å²) in [6.07, 6.45) is 0. The molecule has 1 aromatic carbocycles. The highest BCUT2D eigenvalue weighted by Gasteiger charge is 2.02. The van der Waals surface area contributed by atoms with Crippen molar-refractivity contribution in [3.05, 3.63) is 29.5 Å². The Morgan fingerprint density at radius 2 is 2.29 bits per heavy atom. The lowest BCUT2D eigenvalue weighted by atomic mass is 10.1. The summed E-state index contributed by atoms with van der Waals surface area (Å²) < 4.78 is 0. The summed E-state index contributed by atoms with van der Waals surface area (Å²) in [6, 6.07) is 6.02. The van der Waals surface area contributed by atoms with E-state index in [0.29, 0.717) is 6.61 Å². The molecular weight excluding hydrogens is 180 g/mol. The van der Waals surface area contributed by atoms with Crippen molar-refractivity contribution >= 4 is 10.9 Å². The molecule has 0 unspecified atom stereocenters. The van der Waals surface area contributed by atoms with Gasteiger partial charge in [0.25, 0.3) is 0 Å². The lowest BCUT2D eigenvalue weighted by Crippen LogP contribution is -1.90. The average molecular weight is 192 g/mol. The molecule has 0 aliphatic heterocycles. The summed E-state index contributed by atoms with van der Waals surface area (Å²) in [5, 5.41) is 8.20. The van der Waals surface area contributed by atoms with Gasteiger partial charge in [0.1, 0.15) is 6.61 Å². The second kappa shape index (κ2) is 3.77. The fourth-order valence-corrected chi connectivity index (χ4v) is 1.41. The van der Waals surface area contributed by atoms with E-state index in [1.165, 1.54) is 7.11 Å². The molecule has 0 saturated heterocycles. The molecule has 74 valence electrons. The van der Waals surface area contributed by atoms with E-state index in [9.17, 15) is 0 Å². The lowest BCUT2D eigenvalue weighted by molar-refractivity contribution is -0.282. The largest absolute Gasteiger partial charge is 0.278 e. The van der Waals surface area contributed by atoms with Gasteiger partial charge in [0.2, 0.25) is 0 Å². The number of aromatic nitrogens is 2. The Kier molecular flexibility index (Phi) is 2.47. The molecule has 0 aliphatic rings. The summed E-state index contributed by atoms with van der Waals surface area (Å²) in [6.45, 7) is 2.43. The maximum atomic E-state index is 4.85. The minimum absolute atomic E-state index is 0.455. The number of hydrogen-bond acceptors (Lipinski definition) is 3. The van der Waals surface area contributed by atoms with Gasteiger partial charge in [0, 0.05) is 5.39 Å². The number of benzene rings is 1. The number of H-pyrrole nitrogens is 1. The average Bonchev–Trinajstić information content (AvgIpc) is 2.57. The van der Waals surface area contributed by atoms with Gasteiger partial charge in [-0.2, -0.15) is 5.10 Å². The molecule has 0 saturated carbocycles. The minimum Gasteiger partial charge on any atom is -0.278 e. The molecule has 2 aromatic rings. The third kappa shape index (κ3) is 1.62. The Bertz CT molecular complexity index is 437. The van der Waals surface area contributed by atoms with Gasteiger partial charge in [-0.05, 0) is 24.6 Å². The third-order valence-electron chi connectivity index (χ3n) is 2.16. The first kappa shape index (κ1) is 9.18. The van der Waals surface area contributed by atoms with E-state index < -0.39 is 0 Å². The van der Waals surface area contributed by atoms with Crippen LogP contribution in [-0.2, 0) is 16.4 Å². The zero-order valence-electron chi connectivity index (χ0n) is 8.20. The molecule has 1 aromatic heterocycles. The van der Waals surface area contributed by atoms with E-state index in [-0.39, 0.29) is 0 Å². The Labute approximate surface area is 81.8 Å². The summed E-state index contributed by atoms with van der Waals surface area (Å²) in [5.74, 6) is 0. The standard InChI is InChI=1S/C10H12N2O2/c1-7-9-5-8(6-14-13-2)3-4-10(9)12-11-7/h3-5H,6H2,1-2H3,(H,11,12). The summed E-state index contributed by atoms with van der Waals surface area (Å²) in [4.78, 5) is 9.40. The van der Waals surface area contributed by atoms with E-state index >= 15 is 0 Å². The van der Waals surface area contributed by atoms with Crippen molar-refractivity contribution < 1.29 is 9.78 Å². The highest BCUT2D eigenvalue weighted by Crippen LogP contribution is 2.17. The van der Waals surface area contributed by atoms with E-state index in [1.54, 1.807) is 0 Å². The molecule has 0 radical (unpaired) electrons. The van der Waals surface area contributed by atoms with Crippen molar-refractivity contribution in [3.8, 4) is 0 Å². The Morgan fingerprint density at radius 3 is 3.07 bits per heavy atom. The maximum absolute atomic E-state index is 4.85. The van der Waals surface area contributed by atoms with Crippen molar-refractivity contribution in [2.24, 2.45) is 0 Å². The Hall–Kier alpha value is -1.39. The van der Waals surface area contributed by atoms with Gasteiger partial charge in [-0.3, -0.25) is 5.10 Å². The summed E-state index contributed by atoms with van der Waals surface area (Å²) >= 11 is 0. The van der Waals surface area contributed by atoms with Crippen LogP contribution in [0.3, 0.4) is 0 Å². The van der Waals surface area contributed by atoms with Crippen LogP contribution >= 0.6 is 0 Å². The van der Waals surface area contributed by atoms with Crippen LogP contribution < -0.4 is 0 Å². The number of aromatic amines is 1. The molecule has 0 aliphatic carbocycles. The van der Waals surface area contributed by atoms with Crippen LogP contribution in [0.15, 0.2) is 18.2 Å². The molecule has 0 bridgehead atoms. The number of hydrogen-bond donors (Lipinski definition) is 1. The molecule has 1 N–H and O–H groups in total. The maximum Gasteiger partial charge on any atom is 0.107 e. The molecule has 0 amide bonds. The smallest absolute Gasteiger partial charge is 0.107 e. The third-order valence-corrected chi connectivity index (χ3v) is 2.16. The summed E-state index contributed by atoms with van der Waals surface area (Å²) in [7, 11) is 1.50. The van der Waals surface area contributed by atoms with Crippen molar-refractivity contribution in [2.75, 3.05) is 7.11 Å². The molecule has 0 fully saturated rings. The van der Waals surface area contributed by atoms with Gasteiger partial charge in [-0.15, -0.1) is 0 Å². The second-order valence-corrected chi connectivity index (χ2v) is 3.12. The van der Waals surface area contributed by atoms with Crippen molar-refractivity contribution in [3.63, 3.8) is 0 Å². The lowest BCUT2D eigenvalue weighted by Gasteiger charge is -2.00. The number of nitrogens with one attached hydrogen (secondary N) is 1. The minimum atomic E-state index is 0.455. The fraction of sp³-hybridized carbons (Fsp3) is 0.300. The topological polar surface area (TPSA) is 47.1 Å². The van der Waals surface area contributed by atoms with Crippen molar-refractivity contribution in [1.29, 1.82) is 0 Å². The Morgan fingerprint density at radius 1 is 1.43 bits per heavy atom. The van der Waals surface area contributed by atoms with Crippen LogP contribution in [0.2, 0.25) is 0 Å². The van der Waals surface area contributed by atoms with Crippen LogP contribution in [0.4, 0.5) is 0 Å². The van der Waals surface area contributed by atoms with Crippen LogP contribution in [0.5, 0.6) is 0 Å². The van der Waals surface area contributed by atoms with E-state index in [4.69, 9.17) is 4.89 Å².